The van der Waals surface area contributed by atoms with Gasteiger partial charge in [0.2, 0.25) is 0 Å². The van der Waals surface area contributed by atoms with E-state index >= 15 is 0 Å². The van der Waals surface area contributed by atoms with Crippen molar-refractivity contribution in [3.05, 3.63) is 28.8 Å². The molecule has 2 nitrogen and oxygen atoms in total. The van der Waals surface area contributed by atoms with E-state index in [-0.39, 0.29) is 0 Å². The Bertz CT molecular complexity index is 442. The van der Waals surface area contributed by atoms with Gasteiger partial charge in [-0.3, -0.25) is 4.90 Å². The molecule has 1 aromatic carbocycles. The van der Waals surface area contributed by atoms with Gasteiger partial charge in [0.15, 0.2) is 0 Å². The molecule has 1 aromatic rings. The first-order valence-corrected chi connectivity index (χ1v) is 6.75. The fourth-order valence-corrected chi connectivity index (χ4v) is 2.51. The number of terminal acetylenes is 1. The number of likely N-dealkylation sites (tertiary alicyclic amines) is 1. The molecule has 3 heteroatoms. The maximum atomic E-state index is 6.19. The molecule has 1 aliphatic heterocycles. The lowest BCUT2D eigenvalue weighted by atomic mass is 10.0. The summed E-state index contributed by atoms with van der Waals surface area (Å²) in [6.07, 6.45) is 7.56. The smallest absolute Gasteiger partial charge is 0.0637 e. The average Bonchev–Trinajstić information content (AvgIpc) is 2.37. The quantitative estimate of drug-likeness (QED) is 0.842. The third kappa shape index (κ3) is 3.41. The Morgan fingerprint density at radius 2 is 2.17 bits per heavy atom. The lowest BCUT2D eigenvalue weighted by molar-refractivity contribution is 0.243. The lowest BCUT2D eigenvalue weighted by Gasteiger charge is -2.31. The Labute approximate surface area is 114 Å². The summed E-state index contributed by atoms with van der Waals surface area (Å²) in [5, 5.41) is 4.34. The molecule has 0 atom stereocenters. The first kappa shape index (κ1) is 13.3. The second kappa shape index (κ2) is 6.13. The summed E-state index contributed by atoms with van der Waals surface area (Å²) in [5.74, 6) is 2.70. The van der Waals surface area contributed by atoms with Crippen LogP contribution < -0.4 is 5.32 Å². The van der Waals surface area contributed by atoms with Crippen molar-refractivity contribution in [3.63, 3.8) is 0 Å². The predicted molar refractivity (Wildman–Crippen MR) is 78.1 cm³/mol. The molecule has 0 amide bonds. The number of rotatable bonds is 3. The second-order valence-electron chi connectivity index (χ2n) is 4.88. The molecule has 0 aromatic heterocycles. The molecule has 18 heavy (non-hydrogen) atoms. The summed E-state index contributed by atoms with van der Waals surface area (Å²) in [6.45, 7) is 4.96. The molecule has 0 spiro atoms. The number of halogens is 1. The number of nitrogens with one attached hydrogen (secondary N) is 1. The molecule has 0 saturated carbocycles. The molecule has 1 heterocycles. The van der Waals surface area contributed by atoms with Crippen molar-refractivity contribution in [2.24, 2.45) is 0 Å². The van der Waals surface area contributed by atoms with E-state index in [0.29, 0.717) is 6.04 Å². The average molecular weight is 263 g/mol. The zero-order valence-corrected chi connectivity index (χ0v) is 11.5. The van der Waals surface area contributed by atoms with Gasteiger partial charge in [0.05, 0.1) is 17.3 Å². The fraction of sp³-hybridized carbons (Fsp3) is 0.467. The standard InChI is InChI=1S/C15H19ClN2/c1-3-8-18-9-6-13(7-10-18)17-15-11-12(2)4-5-14(15)16/h1,4-5,11,13,17H,6-10H2,2H3. The van der Waals surface area contributed by atoms with E-state index in [1.807, 2.05) is 12.1 Å². The van der Waals surface area contributed by atoms with Gasteiger partial charge in [0, 0.05) is 19.1 Å². The van der Waals surface area contributed by atoms with E-state index in [2.05, 4.69) is 29.1 Å². The number of nitrogens with zero attached hydrogens (tertiary/aromatic N) is 1. The van der Waals surface area contributed by atoms with E-state index in [1.54, 1.807) is 0 Å². The van der Waals surface area contributed by atoms with Crippen molar-refractivity contribution < 1.29 is 0 Å². The molecule has 2 rings (SSSR count). The van der Waals surface area contributed by atoms with Crippen LogP contribution in [-0.2, 0) is 0 Å². The minimum Gasteiger partial charge on any atom is -0.381 e. The first-order valence-electron chi connectivity index (χ1n) is 6.37. The van der Waals surface area contributed by atoms with Crippen LogP contribution in [0.25, 0.3) is 0 Å². The highest BCUT2D eigenvalue weighted by molar-refractivity contribution is 6.33. The topological polar surface area (TPSA) is 15.3 Å². The number of hydrogen-bond donors (Lipinski definition) is 1. The van der Waals surface area contributed by atoms with E-state index in [9.17, 15) is 0 Å². The molecule has 0 unspecified atom stereocenters. The van der Waals surface area contributed by atoms with Gasteiger partial charge in [-0.1, -0.05) is 23.6 Å². The van der Waals surface area contributed by atoms with Gasteiger partial charge in [0.1, 0.15) is 0 Å². The van der Waals surface area contributed by atoms with Gasteiger partial charge in [-0.05, 0) is 37.5 Å². The van der Waals surface area contributed by atoms with Gasteiger partial charge < -0.3 is 5.32 Å². The van der Waals surface area contributed by atoms with Crippen LogP contribution in [0.5, 0.6) is 0 Å². The Hall–Kier alpha value is -1.17. The molecular weight excluding hydrogens is 244 g/mol. The summed E-state index contributed by atoms with van der Waals surface area (Å²) in [5.41, 5.74) is 2.28. The summed E-state index contributed by atoms with van der Waals surface area (Å²) >= 11 is 6.19. The number of benzene rings is 1. The first-order chi connectivity index (χ1) is 8.69. The molecule has 0 bridgehead atoms. The monoisotopic (exact) mass is 262 g/mol. The van der Waals surface area contributed by atoms with Crippen LogP contribution >= 0.6 is 11.6 Å². The van der Waals surface area contributed by atoms with E-state index in [4.69, 9.17) is 18.0 Å². The van der Waals surface area contributed by atoms with Crippen LogP contribution in [0.15, 0.2) is 18.2 Å². The van der Waals surface area contributed by atoms with Crippen LogP contribution in [0.1, 0.15) is 18.4 Å². The minimum absolute atomic E-state index is 0.498. The largest absolute Gasteiger partial charge is 0.381 e. The third-order valence-corrected chi connectivity index (χ3v) is 3.71. The van der Waals surface area contributed by atoms with Crippen molar-refractivity contribution in [3.8, 4) is 12.3 Å². The highest BCUT2D eigenvalue weighted by Crippen LogP contribution is 2.25. The summed E-state index contributed by atoms with van der Waals surface area (Å²) in [6, 6.07) is 6.59. The summed E-state index contributed by atoms with van der Waals surface area (Å²) in [7, 11) is 0. The number of hydrogen-bond acceptors (Lipinski definition) is 2. The number of anilines is 1. The van der Waals surface area contributed by atoms with Gasteiger partial charge in [-0.15, -0.1) is 6.42 Å². The maximum Gasteiger partial charge on any atom is 0.0637 e. The zero-order chi connectivity index (χ0) is 13.0. The SMILES string of the molecule is C#CCN1CCC(Nc2cc(C)ccc2Cl)CC1. The van der Waals surface area contributed by atoms with Crippen LogP contribution in [0.4, 0.5) is 5.69 Å². The molecular formula is C15H19ClN2. The Kier molecular flexibility index (Phi) is 4.52. The second-order valence-corrected chi connectivity index (χ2v) is 5.29. The molecule has 1 aliphatic rings. The Morgan fingerprint density at radius 3 is 2.83 bits per heavy atom. The van der Waals surface area contributed by atoms with Crippen LogP contribution in [0.2, 0.25) is 5.02 Å². The van der Waals surface area contributed by atoms with Crippen molar-refractivity contribution >= 4 is 17.3 Å². The van der Waals surface area contributed by atoms with Crippen molar-refractivity contribution in [2.75, 3.05) is 25.0 Å². The van der Waals surface area contributed by atoms with Gasteiger partial charge in [-0.25, -0.2) is 0 Å². The minimum atomic E-state index is 0.498. The van der Waals surface area contributed by atoms with Crippen molar-refractivity contribution in [1.29, 1.82) is 0 Å². The van der Waals surface area contributed by atoms with E-state index < -0.39 is 0 Å². The maximum absolute atomic E-state index is 6.19. The number of piperidine rings is 1. The molecule has 96 valence electrons. The zero-order valence-electron chi connectivity index (χ0n) is 10.7. The molecule has 0 radical (unpaired) electrons. The van der Waals surface area contributed by atoms with Crippen LogP contribution in [0, 0.1) is 19.3 Å². The fourth-order valence-electron chi connectivity index (χ4n) is 2.33. The third-order valence-electron chi connectivity index (χ3n) is 3.38. The van der Waals surface area contributed by atoms with Gasteiger partial charge in [0.25, 0.3) is 0 Å². The molecule has 0 aliphatic carbocycles. The molecule has 1 fully saturated rings. The van der Waals surface area contributed by atoms with Gasteiger partial charge >= 0.3 is 0 Å². The predicted octanol–water partition coefficient (Wildman–Crippen LogP) is 3.16. The Balaban J connectivity index is 1.92. The van der Waals surface area contributed by atoms with Gasteiger partial charge in [-0.2, -0.15) is 0 Å². The van der Waals surface area contributed by atoms with E-state index in [0.717, 1.165) is 43.2 Å². The highest BCUT2D eigenvalue weighted by Gasteiger charge is 2.18. The number of aryl methyl sites for hydroxylation is 1. The summed E-state index contributed by atoms with van der Waals surface area (Å²) in [4.78, 5) is 2.32. The normalized spacial score (nSPS) is 17.4. The highest BCUT2D eigenvalue weighted by atomic mass is 35.5. The van der Waals surface area contributed by atoms with E-state index in [1.165, 1.54) is 5.56 Å². The summed E-state index contributed by atoms with van der Waals surface area (Å²) < 4.78 is 0. The van der Waals surface area contributed by atoms with Crippen molar-refractivity contribution in [2.45, 2.75) is 25.8 Å². The molecule has 1 N–H and O–H groups in total. The lowest BCUT2D eigenvalue weighted by Crippen LogP contribution is -2.39. The van der Waals surface area contributed by atoms with Crippen LogP contribution in [0.3, 0.4) is 0 Å². The Morgan fingerprint density at radius 1 is 1.44 bits per heavy atom. The molecule has 1 saturated heterocycles. The van der Waals surface area contributed by atoms with Crippen LogP contribution in [-0.4, -0.2) is 30.6 Å². The van der Waals surface area contributed by atoms with Crippen molar-refractivity contribution in [1.82, 2.24) is 4.90 Å².